The van der Waals surface area contributed by atoms with Gasteiger partial charge in [-0.05, 0) is 18.9 Å². The van der Waals surface area contributed by atoms with Crippen LogP contribution in [0.1, 0.15) is 23.2 Å². The van der Waals surface area contributed by atoms with Gasteiger partial charge in [0.25, 0.3) is 0 Å². The third kappa shape index (κ3) is 3.11. The van der Waals surface area contributed by atoms with Crippen molar-refractivity contribution in [3.63, 3.8) is 0 Å². The van der Waals surface area contributed by atoms with Crippen LogP contribution in [0.25, 0.3) is 0 Å². The zero-order valence-electron chi connectivity index (χ0n) is 10.3. The highest BCUT2D eigenvalue weighted by Gasteiger charge is 2.18. The quantitative estimate of drug-likeness (QED) is 0.745. The Kier molecular flexibility index (Phi) is 3.97. The lowest BCUT2D eigenvalue weighted by atomic mass is 10.1. The van der Waals surface area contributed by atoms with E-state index in [2.05, 4.69) is 10.6 Å². The first kappa shape index (κ1) is 14.0. The van der Waals surface area contributed by atoms with Crippen LogP contribution in [0.15, 0.2) is 24.3 Å². The summed E-state index contributed by atoms with van der Waals surface area (Å²) in [6.07, 6.45) is 5.17. The molecular weight excluding hydrogens is 270 g/mol. The third-order valence-corrected chi connectivity index (χ3v) is 2.88. The topological polar surface area (TPSA) is 78.4 Å². The lowest BCUT2D eigenvalue weighted by Gasteiger charge is -2.14. The Labute approximate surface area is 113 Å². The highest BCUT2D eigenvalue weighted by atomic mass is 19.2. The van der Waals surface area contributed by atoms with Gasteiger partial charge in [-0.3, -0.25) is 0 Å². The fourth-order valence-electron chi connectivity index (χ4n) is 1.91. The summed E-state index contributed by atoms with van der Waals surface area (Å²) in [4.78, 5) is 22.6. The first-order chi connectivity index (χ1) is 9.47. The standard InChI is InChI=1S/C13H12F2N2O3/c14-9-5-8(12(18)19)11(6-10(9)15)17-13(20)16-7-3-1-2-4-7/h1-2,5-7H,3-4H2,(H,18,19)(H2,16,17,20). The van der Waals surface area contributed by atoms with E-state index in [1.807, 2.05) is 12.2 Å². The van der Waals surface area contributed by atoms with Gasteiger partial charge < -0.3 is 15.7 Å². The summed E-state index contributed by atoms with van der Waals surface area (Å²) in [7, 11) is 0. The van der Waals surface area contributed by atoms with Gasteiger partial charge in [0.05, 0.1) is 11.3 Å². The predicted molar refractivity (Wildman–Crippen MR) is 67.6 cm³/mol. The summed E-state index contributed by atoms with van der Waals surface area (Å²) < 4.78 is 26.1. The zero-order chi connectivity index (χ0) is 14.7. The molecule has 0 aliphatic heterocycles. The van der Waals surface area contributed by atoms with Gasteiger partial charge in [0.15, 0.2) is 11.6 Å². The van der Waals surface area contributed by atoms with Crippen LogP contribution in [-0.4, -0.2) is 23.1 Å². The van der Waals surface area contributed by atoms with Crippen LogP contribution in [0.5, 0.6) is 0 Å². The summed E-state index contributed by atoms with van der Waals surface area (Å²) in [5.74, 6) is -3.97. The molecule has 2 rings (SSSR count). The van der Waals surface area contributed by atoms with Crippen LogP contribution >= 0.6 is 0 Å². The molecule has 0 bridgehead atoms. The van der Waals surface area contributed by atoms with Crippen molar-refractivity contribution in [2.24, 2.45) is 0 Å². The van der Waals surface area contributed by atoms with Gasteiger partial charge >= 0.3 is 12.0 Å². The largest absolute Gasteiger partial charge is 0.478 e. The van der Waals surface area contributed by atoms with Crippen molar-refractivity contribution in [1.29, 1.82) is 0 Å². The molecule has 0 saturated heterocycles. The van der Waals surface area contributed by atoms with E-state index in [1.165, 1.54) is 0 Å². The highest BCUT2D eigenvalue weighted by molar-refractivity contribution is 6.00. The van der Waals surface area contributed by atoms with Crippen LogP contribution in [0.2, 0.25) is 0 Å². The van der Waals surface area contributed by atoms with Crippen molar-refractivity contribution in [2.75, 3.05) is 5.32 Å². The molecular formula is C13H12F2N2O3. The third-order valence-electron chi connectivity index (χ3n) is 2.88. The van der Waals surface area contributed by atoms with Crippen LogP contribution in [-0.2, 0) is 0 Å². The number of aromatic carboxylic acids is 1. The molecule has 0 aromatic heterocycles. The molecule has 0 saturated carbocycles. The van der Waals surface area contributed by atoms with E-state index in [-0.39, 0.29) is 11.7 Å². The average Bonchev–Trinajstić information content (AvgIpc) is 2.85. The molecule has 20 heavy (non-hydrogen) atoms. The van der Waals surface area contributed by atoms with Crippen molar-refractivity contribution >= 4 is 17.7 Å². The zero-order valence-corrected chi connectivity index (χ0v) is 10.3. The summed E-state index contributed by atoms with van der Waals surface area (Å²) >= 11 is 0. The summed E-state index contributed by atoms with van der Waals surface area (Å²) in [5.41, 5.74) is -0.802. The molecule has 5 nitrogen and oxygen atoms in total. The van der Waals surface area contributed by atoms with Crippen LogP contribution in [0.4, 0.5) is 19.3 Å². The molecule has 1 aliphatic rings. The Balaban J connectivity index is 2.13. The number of benzene rings is 1. The number of carboxylic acid groups (broad SMARTS) is 1. The molecule has 106 valence electrons. The Hall–Kier alpha value is -2.44. The van der Waals surface area contributed by atoms with E-state index >= 15 is 0 Å². The molecule has 1 aromatic carbocycles. The van der Waals surface area contributed by atoms with Gasteiger partial charge in [-0.15, -0.1) is 0 Å². The van der Waals surface area contributed by atoms with Gasteiger partial charge in [-0.25, -0.2) is 18.4 Å². The Morgan fingerprint density at radius 2 is 1.75 bits per heavy atom. The van der Waals surface area contributed by atoms with Crippen LogP contribution in [0, 0.1) is 11.6 Å². The number of urea groups is 1. The number of carbonyl (C=O) groups is 2. The SMILES string of the molecule is O=C(Nc1cc(F)c(F)cc1C(=O)O)NC1CC=CC1. The molecule has 0 fully saturated rings. The molecule has 0 spiro atoms. The molecule has 3 N–H and O–H groups in total. The van der Waals surface area contributed by atoms with Gasteiger partial charge in [-0.2, -0.15) is 0 Å². The van der Waals surface area contributed by atoms with E-state index in [0.717, 1.165) is 0 Å². The maximum Gasteiger partial charge on any atom is 0.337 e. The Morgan fingerprint density at radius 3 is 2.35 bits per heavy atom. The molecule has 0 radical (unpaired) electrons. The van der Waals surface area contributed by atoms with E-state index in [1.54, 1.807) is 0 Å². The monoisotopic (exact) mass is 282 g/mol. The van der Waals surface area contributed by atoms with E-state index in [0.29, 0.717) is 25.0 Å². The van der Waals surface area contributed by atoms with Crippen molar-refractivity contribution in [1.82, 2.24) is 5.32 Å². The molecule has 0 heterocycles. The predicted octanol–water partition coefficient (Wildman–Crippen LogP) is 2.50. The number of carboxylic acids is 1. The molecule has 7 heteroatoms. The van der Waals surface area contributed by atoms with Crippen molar-refractivity contribution in [3.05, 3.63) is 41.5 Å². The molecule has 2 amide bonds. The summed E-state index contributed by atoms with van der Waals surface area (Å²) in [6, 6.07) is 0.441. The minimum atomic E-state index is -1.46. The number of nitrogens with one attached hydrogen (secondary N) is 2. The average molecular weight is 282 g/mol. The second-order valence-corrected chi connectivity index (χ2v) is 4.36. The fraction of sp³-hybridized carbons (Fsp3) is 0.231. The molecule has 0 unspecified atom stereocenters. The Bertz CT molecular complexity index is 579. The fourth-order valence-corrected chi connectivity index (χ4v) is 1.91. The minimum absolute atomic E-state index is 0.0754. The maximum absolute atomic E-state index is 13.1. The van der Waals surface area contributed by atoms with E-state index in [4.69, 9.17) is 5.11 Å². The molecule has 1 aliphatic carbocycles. The number of hydrogen-bond donors (Lipinski definition) is 3. The van der Waals surface area contributed by atoms with E-state index in [9.17, 15) is 18.4 Å². The number of amides is 2. The van der Waals surface area contributed by atoms with E-state index < -0.39 is 29.2 Å². The normalized spacial score (nSPS) is 14.3. The highest BCUT2D eigenvalue weighted by Crippen LogP contribution is 2.20. The first-order valence-electron chi connectivity index (χ1n) is 5.92. The van der Waals surface area contributed by atoms with Crippen molar-refractivity contribution in [3.8, 4) is 0 Å². The number of halogens is 2. The second-order valence-electron chi connectivity index (χ2n) is 4.36. The van der Waals surface area contributed by atoms with Crippen LogP contribution < -0.4 is 10.6 Å². The lowest BCUT2D eigenvalue weighted by Crippen LogP contribution is -2.36. The smallest absolute Gasteiger partial charge is 0.337 e. The number of rotatable bonds is 3. The first-order valence-corrected chi connectivity index (χ1v) is 5.92. The van der Waals surface area contributed by atoms with Crippen molar-refractivity contribution in [2.45, 2.75) is 18.9 Å². The van der Waals surface area contributed by atoms with Crippen molar-refractivity contribution < 1.29 is 23.5 Å². The van der Waals surface area contributed by atoms with Gasteiger partial charge in [0, 0.05) is 12.1 Å². The summed E-state index contributed by atoms with van der Waals surface area (Å²) in [5, 5.41) is 13.7. The number of anilines is 1. The number of carbonyl (C=O) groups excluding carboxylic acids is 1. The molecule has 0 atom stereocenters. The van der Waals surface area contributed by atoms with Gasteiger partial charge in [-0.1, -0.05) is 12.2 Å². The maximum atomic E-state index is 13.1. The number of hydrogen-bond acceptors (Lipinski definition) is 2. The van der Waals surface area contributed by atoms with Crippen LogP contribution in [0.3, 0.4) is 0 Å². The molecule has 1 aromatic rings. The second kappa shape index (κ2) is 5.68. The Morgan fingerprint density at radius 1 is 1.15 bits per heavy atom. The van der Waals surface area contributed by atoms with Gasteiger partial charge in [0.2, 0.25) is 0 Å². The van der Waals surface area contributed by atoms with Gasteiger partial charge in [0.1, 0.15) is 0 Å². The minimum Gasteiger partial charge on any atom is -0.478 e. The lowest BCUT2D eigenvalue weighted by molar-refractivity contribution is 0.0697. The summed E-state index contributed by atoms with van der Waals surface area (Å²) in [6.45, 7) is 0.